The van der Waals surface area contributed by atoms with E-state index in [2.05, 4.69) is 0 Å². The van der Waals surface area contributed by atoms with Crippen molar-refractivity contribution in [3.8, 4) is 0 Å². The van der Waals surface area contributed by atoms with Crippen molar-refractivity contribution in [3.63, 3.8) is 0 Å². The molecule has 0 amide bonds. The van der Waals surface area contributed by atoms with E-state index in [1.807, 2.05) is 0 Å². The molecular formula is C7H14O6. The van der Waals surface area contributed by atoms with Crippen LogP contribution in [0.4, 0.5) is 0 Å². The molecule has 0 spiro atoms. The van der Waals surface area contributed by atoms with Crippen LogP contribution in [0.25, 0.3) is 0 Å². The quantitative estimate of drug-likeness (QED) is 0.386. The molecule has 13 heavy (non-hydrogen) atoms. The average molecular weight is 194 g/mol. The molecule has 1 rings (SSSR count). The monoisotopic (exact) mass is 194 g/mol. The summed E-state index contributed by atoms with van der Waals surface area (Å²) in [5.41, 5.74) is 0. The van der Waals surface area contributed by atoms with Gasteiger partial charge in [-0.25, -0.2) is 0 Å². The van der Waals surface area contributed by atoms with Crippen molar-refractivity contribution in [2.45, 2.75) is 30.7 Å². The minimum Gasteiger partial charge on any atom is -0.394 e. The zero-order valence-corrected chi connectivity index (χ0v) is 7.20. The zero-order chi connectivity index (χ0) is 10.0. The van der Waals surface area contributed by atoms with Crippen molar-refractivity contribution in [1.29, 1.82) is 0 Å². The van der Waals surface area contributed by atoms with Crippen LogP contribution in [0.5, 0.6) is 0 Å². The van der Waals surface area contributed by atoms with Crippen LogP contribution in [-0.2, 0) is 9.47 Å². The van der Waals surface area contributed by atoms with Gasteiger partial charge in [-0.15, -0.1) is 0 Å². The number of hydrogen-bond donors (Lipinski definition) is 4. The Morgan fingerprint density at radius 2 is 1.77 bits per heavy atom. The Morgan fingerprint density at radius 3 is 2.23 bits per heavy atom. The van der Waals surface area contributed by atoms with Crippen LogP contribution in [0.3, 0.4) is 0 Å². The predicted molar refractivity (Wildman–Crippen MR) is 40.8 cm³/mol. The number of hydrogen-bond acceptors (Lipinski definition) is 6. The Bertz CT molecular complexity index is 143. The van der Waals surface area contributed by atoms with Crippen molar-refractivity contribution in [1.82, 2.24) is 0 Å². The van der Waals surface area contributed by atoms with Gasteiger partial charge in [0.05, 0.1) is 6.61 Å². The molecule has 1 fully saturated rings. The highest BCUT2D eigenvalue weighted by atomic mass is 16.7. The highest BCUT2D eigenvalue weighted by molar-refractivity contribution is 4.88. The third-order valence-corrected chi connectivity index (χ3v) is 2.08. The molecule has 1 saturated heterocycles. The van der Waals surface area contributed by atoms with E-state index < -0.39 is 37.3 Å². The topological polar surface area (TPSA) is 99.4 Å². The lowest BCUT2D eigenvalue weighted by Gasteiger charge is -2.38. The van der Waals surface area contributed by atoms with Crippen LogP contribution in [0.1, 0.15) is 0 Å². The highest BCUT2D eigenvalue weighted by Crippen LogP contribution is 2.20. The highest BCUT2D eigenvalue weighted by Gasteiger charge is 2.43. The molecule has 0 aromatic rings. The molecule has 4 N–H and O–H groups in total. The van der Waals surface area contributed by atoms with Gasteiger partial charge in [0.15, 0.2) is 6.29 Å². The first-order valence-electron chi connectivity index (χ1n) is 3.95. The van der Waals surface area contributed by atoms with Gasteiger partial charge in [-0.3, -0.25) is 0 Å². The largest absolute Gasteiger partial charge is 0.394 e. The maximum absolute atomic E-state index is 9.28. The van der Waals surface area contributed by atoms with E-state index in [1.165, 1.54) is 7.11 Å². The van der Waals surface area contributed by atoms with Crippen molar-refractivity contribution in [2.75, 3.05) is 13.7 Å². The van der Waals surface area contributed by atoms with Crippen molar-refractivity contribution >= 4 is 0 Å². The molecular weight excluding hydrogens is 180 g/mol. The first kappa shape index (κ1) is 10.8. The zero-order valence-electron chi connectivity index (χ0n) is 7.20. The fourth-order valence-corrected chi connectivity index (χ4v) is 1.26. The predicted octanol–water partition coefficient (Wildman–Crippen LogP) is -2.57. The van der Waals surface area contributed by atoms with Gasteiger partial charge in [-0.05, 0) is 0 Å². The molecule has 0 bridgehead atoms. The normalized spacial score (nSPS) is 46.4. The van der Waals surface area contributed by atoms with Gasteiger partial charge in [0.1, 0.15) is 24.4 Å². The lowest BCUT2D eigenvalue weighted by molar-refractivity contribution is -0.294. The maximum Gasteiger partial charge on any atom is 0.186 e. The van der Waals surface area contributed by atoms with Crippen LogP contribution in [0.15, 0.2) is 0 Å². The van der Waals surface area contributed by atoms with E-state index in [9.17, 15) is 15.3 Å². The Hall–Kier alpha value is -0.240. The summed E-state index contributed by atoms with van der Waals surface area (Å²) in [7, 11) is 1.30. The second-order valence-electron chi connectivity index (χ2n) is 2.93. The maximum atomic E-state index is 9.28. The van der Waals surface area contributed by atoms with Gasteiger partial charge in [-0.1, -0.05) is 0 Å². The minimum absolute atomic E-state index is 0.440. The molecule has 78 valence electrons. The summed E-state index contributed by atoms with van der Waals surface area (Å²) >= 11 is 0. The van der Waals surface area contributed by atoms with E-state index >= 15 is 0 Å². The lowest BCUT2D eigenvalue weighted by Crippen LogP contribution is -2.58. The van der Waals surface area contributed by atoms with E-state index in [4.69, 9.17) is 14.6 Å². The fraction of sp³-hybridized carbons (Fsp3) is 1.00. The smallest absolute Gasteiger partial charge is 0.186 e. The standard InChI is InChI=1S/C7H14O6/c1-12-7-6(11)5(10)4(9)3(2-8)13-7/h3-11H,2H2,1H3/t3-,4?,5?,6+,7?/m1/s1. The molecule has 6 heteroatoms. The summed E-state index contributed by atoms with van der Waals surface area (Å²) < 4.78 is 9.65. The molecule has 0 aliphatic carbocycles. The molecule has 3 unspecified atom stereocenters. The second-order valence-corrected chi connectivity index (χ2v) is 2.93. The first-order valence-corrected chi connectivity index (χ1v) is 3.95. The molecule has 1 heterocycles. The Balaban J connectivity index is 2.66. The van der Waals surface area contributed by atoms with E-state index in [1.54, 1.807) is 0 Å². The van der Waals surface area contributed by atoms with Crippen LogP contribution in [-0.4, -0.2) is 64.8 Å². The third kappa shape index (κ3) is 1.98. The molecule has 1 aliphatic rings. The minimum atomic E-state index is -1.36. The van der Waals surface area contributed by atoms with E-state index in [0.717, 1.165) is 0 Å². The summed E-state index contributed by atoms with van der Waals surface area (Å²) in [5.74, 6) is 0. The molecule has 6 nitrogen and oxygen atoms in total. The van der Waals surface area contributed by atoms with Crippen molar-refractivity contribution in [2.24, 2.45) is 0 Å². The summed E-state index contributed by atoms with van der Waals surface area (Å²) in [6.07, 6.45) is -5.91. The van der Waals surface area contributed by atoms with Gasteiger partial charge in [0, 0.05) is 7.11 Å². The number of aliphatic hydroxyl groups is 4. The first-order chi connectivity index (χ1) is 6.11. The number of ether oxygens (including phenoxy) is 2. The summed E-state index contributed by atoms with van der Waals surface area (Å²) in [6, 6.07) is 0. The third-order valence-electron chi connectivity index (χ3n) is 2.08. The number of methoxy groups -OCH3 is 1. The Kier molecular flexibility index (Phi) is 3.60. The SMILES string of the molecule is COC1O[C@H](CO)C(O)C(O)[C@@H]1O. The van der Waals surface area contributed by atoms with Crippen LogP contribution < -0.4 is 0 Å². The molecule has 0 aromatic heterocycles. The Labute approximate surface area is 75.3 Å². The fourth-order valence-electron chi connectivity index (χ4n) is 1.26. The number of aliphatic hydroxyl groups excluding tert-OH is 4. The van der Waals surface area contributed by atoms with Gasteiger partial charge >= 0.3 is 0 Å². The molecule has 0 saturated carbocycles. The van der Waals surface area contributed by atoms with E-state index in [0.29, 0.717) is 0 Å². The van der Waals surface area contributed by atoms with E-state index in [-0.39, 0.29) is 0 Å². The molecule has 5 atom stereocenters. The van der Waals surface area contributed by atoms with Crippen LogP contribution in [0.2, 0.25) is 0 Å². The van der Waals surface area contributed by atoms with Crippen molar-refractivity contribution < 1.29 is 29.9 Å². The number of rotatable bonds is 2. The Morgan fingerprint density at radius 1 is 1.15 bits per heavy atom. The average Bonchev–Trinajstić information content (AvgIpc) is 2.15. The van der Waals surface area contributed by atoms with Crippen LogP contribution >= 0.6 is 0 Å². The molecule has 0 radical (unpaired) electrons. The summed E-state index contributed by atoms with van der Waals surface area (Å²) in [5, 5.41) is 36.6. The second kappa shape index (κ2) is 4.32. The molecule has 1 aliphatic heterocycles. The van der Waals surface area contributed by atoms with Crippen LogP contribution in [0, 0.1) is 0 Å². The summed E-state index contributed by atoms with van der Waals surface area (Å²) in [6.45, 7) is -0.440. The van der Waals surface area contributed by atoms with Gasteiger partial charge in [0.2, 0.25) is 0 Å². The van der Waals surface area contributed by atoms with Crippen molar-refractivity contribution in [3.05, 3.63) is 0 Å². The van der Waals surface area contributed by atoms with Gasteiger partial charge < -0.3 is 29.9 Å². The van der Waals surface area contributed by atoms with Gasteiger partial charge in [-0.2, -0.15) is 0 Å². The summed E-state index contributed by atoms with van der Waals surface area (Å²) in [4.78, 5) is 0. The van der Waals surface area contributed by atoms with Gasteiger partial charge in [0.25, 0.3) is 0 Å². The molecule has 0 aromatic carbocycles. The lowest BCUT2D eigenvalue weighted by atomic mass is 9.99.